The summed E-state index contributed by atoms with van der Waals surface area (Å²) in [5, 5.41) is 9.66. The van der Waals surface area contributed by atoms with Crippen LogP contribution in [0.25, 0.3) is 0 Å². The lowest BCUT2D eigenvalue weighted by Gasteiger charge is -2.12. The van der Waals surface area contributed by atoms with Gasteiger partial charge in [-0.1, -0.05) is 18.2 Å². The van der Waals surface area contributed by atoms with Crippen LogP contribution in [0.1, 0.15) is 6.42 Å². The third-order valence-electron chi connectivity index (χ3n) is 1.74. The van der Waals surface area contributed by atoms with Crippen LogP contribution in [0.5, 0.6) is 5.75 Å². The van der Waals surface area contributed by atoms with Gasteiger partial charge in [0.1, 0.15) is 5.75 Å². The summed E-state index contributed by atoms with van der Waals surface area (Å²) in [4.78, 5) is 10.8. The molecule has 0 radical (unpaired) electrons. The maximum absolute atomic E-state index is 10.8. The van der Waals surface area contributed by atoms with Gasteiger partial charge in [-0.05, 0) is 12.1 Å². The van der Waals surface area contributed by atoms with E-state index in [4.69, 9.17) is 9.84 Å². The molecule has 86 valence electrons. The molecule has 0 saturated heterocycles. The highest BCUT2D eigenvalue weighted by Crippen LogP contribution is 2.12. The molecule has 1 aromatic rings. The number of hydrogen-bond acceptors (Lipinski definition) is 4. The van der Waals surface area contributed by atoms with Gasteiger partial charge in [-0.25, -0.2) is 4.79 Å². The van der Waals surface area contributed by atoms with Crippen LogP contribution in [-0.2, 0) is 15.1 Å². The van der Waals surface area contributed by atoms with Crippen molar-refractivity contribution in [1.29, 1.82) is 0 Å². The monoisotopic (exact) mass is 242 g/mol. The number of aliphatic carboxylic acids is 1. The third-order valence-corrected chi connectivity index (χ3v) is 2.21. The Labute approximate surface area is 93.8 Å². The number of carboxylic acids is 1. The number of para-hydroxylation sites is 1. The maximum Gasteiger partial charge on any atom is 0.345 e. The molecule has 1 unspecified atom stereocenters. The zero-order valence-electron chi connectivity index (χ0n) is 8.24. The third kappa shape index (κ3) is 4.14. The Morgan fingerprint density at radius 1 is 1.38 bits per heavy atom. The van der Waals surface area contributed by atoms with Crippen molar-refractivity contribution in [3.8, 4) is 5.75 Å². The van der Waals surface area contributed by atoms with Crippen molar-refractivity contribution in [2.45, 2.75) is 12.5 Å². The quantitative estimate of drug-likeness (QED) is 0.764. The molecule has 0 spiro atoms. The molecular weight excluding hydrogens is 232 g/mol. The van der Waals surface area contributed by atoms with E-state index in [0.29, 0.717) is 5.75 Å². The van der Waals surface area contributed by atoms with Gasteiger partial charge in [0, 0.05) is 11.8 Å². The number of carbonyl (C=O) groups is 1. The lowest BCUT2D eigenvalue weighted by Crippen LogP contribution is -2.27. The first-order valence-electron chi connectivity index (χ1n) is 4.45. The summed E-state index contributed by atoms with van der Waals surface area (Å²) in [5.74, 6) is -0.814. The van der Waals surface area contributed by atoms with E-state index in [9.17, 15) is 13.2 Å². The van der Waals surface area contributed by atoms with Crippen molar-refractivity contribution < 1.29 is 23.1 Å². The van der Waals surface area contributed by atoms with Crippen molar-refractivity contribution in [1.82, 2.24) is 0 Å². The van der Waals surface area contributed by atoms with E-state index in [1.165, 1.54) is 0 Å². The van der Waals surface area contributed by atoms with Gasteiger partial charge in [-0.2, -0.15) is 8.42 Å². The van der Waals surface area contributed by atoms with E-state index in [-0.39, 0.29) is 6.42 Å². The predicted octanol–water partition coefficient (Wildman–Crippen LogP) is 0.590. The number of ether oxygens (including phenoxy) is 1. The molecule has 0 fully saturated rings. The average molecular weight is 242 g/mol. The Morgan fingerprint density at radius 3 is 2.50 bits per heavy atom. The number of hydrogen-bond donors (Lipinski definition) is 1. The highest BCUT2D eigenvalue weighted by molar-refractivity contribution is 7.71. The molecule has 5 nitrogen and oxygen atoms in total. The summed E-state index contributed by atoms with van der Waals surface area (Å²) >= 11 is 0. The molecule has 1 atom stereocenters. The first-order chi connectivity index (χ1) is 7.59. The molecule has 0 bridgehead atoms. The second-order valence-corrected chi connectivity index (χ2v) is 3.77. The Hall–Kier alpha value is -1.82. The Balaban J connectivity index is 2.73. The van der Waals surface area contributed by atoms with Crippen molar-refractivity contribution in [2.24, 2.45) is 0 Å². The topological polar surface area (TPSA) is 80.7 Å². The molecule has 1 rings (SSSR count). The van der Waals surface area contributed by atoms with Crippen molar-refractivity contribution in [3.05, 3.63) is 30.3 Å². The normalized spacial score (nSPS) is 11.5. The Morgan fingerprint density at radius 2 is 2.00 bits per heavy atom. The minimum absolute atomic E-state index is 0.194. The van der Waals surface area contributed by atoms with Crippen LogP contribution in [0, 0.1) is 0 Å². The minimum Gasteiger partial charge on any atom is -0.478 e. The number of carboxylic acid groups (broad SMARTS) is 1. The second-order valence-electron chi connectivity index (χ2n) is 2.92. The van der Waals surface area contributed by atoms with Gasteiger partial charge in [-0.15, -0.1) is 0 Å². The highest BCUT2D eigenvalue weighted by atomic mass is 32.2. The van der Waals surface area contributed by atoms with Crippen LogP contribution < -0.4 is 4.74 Å². The molecule has 0 aromatic heterocycles. The lowest BCUT2D eigenvalue weighted by molar-refractivity contribution is -0.144. The van der Waals surface area contributed by atoms with Crippen LogP contribution in [-0.4, -0.2) is 31.0 Å². The molecule has 0 amide bonds. The van der Waals surface area contributed by atoms with Crippen LogP contribution in [0.3, 0.4) is 0 Å². The van der Waals surface area contributed by atoms with E-state index in [1.807, 2.05) is 0 Å². The van der Waals surface area contributed by atoms with Crippen LogP contribution in [0.4, 0.5) is 0 Å². The molecule has 1 N–H and O–H groups in total. The molecule has 16 heavy (non-hydrogen) atoms. The lowest BCUT2D eigenvalue weighted by atomic mass is 10.2. The number of benzene rings is 1. The molecule has 0 aliphatic heterocycles. The van der Waals surface area contributed by atoms with E-state index in [0.717, 1.165) is 5.37 Å². The summed E-state index contributed by atoms with van der Waals surface area (Å²) in [6, 6.07) is 8.36. The first-order valence-corrected chi connectivity index (χ1v) is 5.59. The summed E-state index contributed by atoms with van der Waals surface area (Å²) < 4.78 is 25.7. The Kier molecular flexibility index (Phi) is 4.53. The molecule has 1 aromatic carbocycles. The van der Waals surface area contributed by atoms with Gasteiger partial charge in [0.05, 0.1) is 0 Å². The summed E-state index contributed by atoms with van der Waals surface area (Å²) in [6.07, 6.45) is -1.39. The smallest absolute Gasteiger partial charge is 0.345 e. The minimum atomic E-state index is -2.38. The van der Waals surface area contributed by atoms with E-state index in [1.54, 1.807) is 30.3 Å². The van der Waals surface area contributed by atoms with Gasteiger partial charge in [0.15, 0.2) is 6.10 Å². The predicted molar refractivity (Wildman–Crippen MR) is 58.1 cm³/mol. The maximum atomic E-state index is 10.8. The average Bonchev–Trinajstić information content (AvgIpc) is 2.25. The van der Waals surface area contributed by atoms with Gasteiger partial charge in [0.2, 0.25) is 10.3 Å². The van der Waals surface area contributed by atoms with Crippen LogP contribution in [0.15, 0.2) is 30.3 Å². The zero-order chi connectivity index (χ0) is 12.0. The highest BCUT2D eigenvalue weighted by Gasteiger charge is 2.18. The standard InChI is InChI=1S/C10H10O5S/c11-10(12)9(6-7-16(13)14)15-8-4-2-1-3-5-8/h1-5,7,9H,6H2,(H,11,12). The molecule has 0 heterocycles. The molecule has 0 aliphatic carbocycles. The van der Waals surface area contributed by atoms with Gasteiger partial charge >= 0.3 is 5.97 Å². The Bertz CT molecular complexity index is 469. The van der Waals surface area contributed by atoms with Crippen molar-refractivity contribution in [2.75, 3.05) is 0 Å². The van der Waals surface area contributed by atoms with Gasteiger partial charge < -0.3 is 9.84 Å². The van der Waals surface area contributed by atoms with Gasteiger partial charge in [-0.3, -0.25) is 0 Å². The summed E-state index contributed by atoms with van der Waals surface area (Å²) in [7, 11) is -2.38. The first kappa shape index (κ1) is 12.3. The van der Waals surface area contributed by atoms with E-state index in [2.05, 4.69) is 0 Å². The second kappa shape index (κ2) is 5.92. The summed E-state index contributed by atoms with van der Waals surface area (Å²) in [6.45, 7) is 0. The fraction of sp³-hybridized carbons (Fsp3) is 0.200. The summed E-state index contributed by atoms with van der Waals surface area (Å²) in [5.41, 5.74) is 0. The van der Waals surface area contributed by atoms with E-state index < -0.39 is 22.4 Å². The molecular formula is C10H10O5S. The molecule has 6 heteroatoms. The molecule has 0 aliphatic rings. The van der Waals surface area contributed by atoms with Crippen LogP contribution in [0.2, 0.25) is 0 Å². The molecule has 0 saturated carbocycles. The van der Waals surface area contributed by atoms with Crippen molar-refractivity contribution in [3.63, 3.8) is 0 Å². The SMILES string of the molecule is O=C(O)C(CC=S(=O)=O)Oc1ccccc1. The fourth-order valence-corrected chi connectivity index (χ4v) is 1.36. The zero-order valence-corrected chi connectivity index (χ0v) is 9.05. The van der Waals surface area contributed by atoms with Crippen LogP contribution >= 0.6 is 0 Å². The van der Waals surface area contributed by atoms with E-state index >= 15 is 0 Å². The largest absolute Gasteiger partial charge is 0.478 e. The number of rotatable bonds is 5. The fourth-order valence-electron chi connectivity index (χ4n) is 1.03. The van der Waals surface area contributed by atoms with Crippen molar-refractivity contribution >= 4 is 21.6 Å². The van der Waals surface area contributed by atoms with Gasteiger partial charge in [0.25, 0.3) is 0 Å².